The van der Waals surface area contributed by atoms with Gasteiger partial charge >= 0.3 is 0 Å². The number of carbonyl (C=O) groups is 2. The first kappa shape index (κ1) is 19.4. The van der Waals surface area contributed by atoms with Crippen LogP contribution in [0.2, 0.25) is 0 Å². The van der Waals surface area contributed by atoms with Crippen molar-refractivity contribution < 1.29 is 9.59 Å². The maximum atomic E-state index is 12.2. The molecule has 1 atom stereocenters. The van der Waals surface area contributed by atoms with Crippen LogP contribution in [0.3, 0.4) is 0 Å². The van der Waals surface area contributed by atoms with Crippen LogP contribution in [-0.2, 0) is 16.1 Å². The van der Waals surface area contributed by atoms with Gasteiger partial charge in [0.05, 0.1) is 6.54 Å². The maximum absolute atomic E-state index is 12.2. The van der Waals surface area contributed by atoms with Crippen LogP contribution in [0, 0.1) is 0 Å². The van der Waals surface area contributed by atoms with Crippen molar-refractivity contribution in [1.82, 2.24) is 15.1 Å². The smallest absolute Gasteiger partial charge is 0.234 e. The molecule has 1 aliphatic rings. The third-order valence-electron chi connectivity index (χ3n) is 4.65. The summed E-state index contributed by atoms with van der Waals surface area (Å²) in [6, 6.07) is 8.14. The van der Waals surface area contributed by atoms with Gasteiger partial charge in [-0.05, 0) is 57.6 Å². The average Bonchev–Trinajstić information content (AvgIpc) is 2.79. The fourth-order valence-corrected chi connectivity index (χ4v) is 3.18. The summed E-state index contributed by atoms with van der Waals surface area (Å²) in [6.07, 6.45) is 3.46. The van der Waals surface area contributed by atoms with E-state index in [1.54, 1.807) is 0 Å². The highest BCUT2D eigenvalue weighted by molar-refractivity contribution is 5.88. The van der Waals surface area contributed by atoms with Gasteiger partial charge < -0.3 is 15.5 Å². The van der Waals surface area contributed by atoms with Crippen LogP contribution < -0.4 is 10.6 Å². The van der Waals surface area contributed by atoms with Crippen molar-refractivity contribution >= 4 is 17.5 Å². The summed E-state index contributed by atoms with van der Waals surface area (Å²) in [5.41, 5.74) is 1.79. The summed E-state index contributed by atoms with van der Waals surface area (Å²) in [5.74, 6) is -0.0238. The van der Waals surface area contributed by atoms with Crippen molar-refractivity contribution in [3.63, 3.8) is 0 Å². The predicted octanol–water partition coefficient (Wildman–Crippen LogP) is 1.68. The van der Waals surface area contributed by atoms with E-state index < -0.39 is 0 Å². The van der Waals surface area contributed by atoms with Crippen LogP contribution in [-0.4, -0.2) is 61.4 Å². The first-order valence-corrected chi connectivity index (χ1v) is 8.96. The standard InChI is InChI=1S/C19H30N4O2/c1-15(24)21-17-8-6-16(7-9-17)13-20-19(25)14-23-11-4-5-18(10-12-23)22(2)3/h6-9,18H,4-5,10-14H2,1-3H3,(H,20,25)(H,21,24). The van der Waals surface area contributed by atoms with Crippen molar-refractivity contribution in [2.75, 3.05) is 39.0 Å². The minimum Gasteiger partial charge on any atom is -0.351 e. The fourth-order valence-electron chi connectivity index (χ4n) is 3.18. The summed E-state index contributed by atoms with van der Waals surface area (Å²) >= 11 is 0. The number of carbonyl (C=O) groups excluding carboxylic acids is 2. The highest BCUT2D eigenvalue weighted by atomic mass is 16.2. The Bertz CT molecular complexity index is 571. The summed E-state index contributed by atoms with van der Waals surface area (Å²) in [6.45, 7) is 4.42. The van der Waals surface area contributed by atoms with E-state index in [1.165, 1.54) is 13.3 Å². The van der Waals surface area contributed by atoms with Crippen LogP contribution in [0.4, 0.5) is 5.69 Å². The monoisotopic (exact) mass is 346 g/mol. The van der Waals surface area contributed by atoms with Gasteiger partial charge in [-0.15, -0.1) is 0 Å². The Kier molecular flexibility index (Phi) is 7.40. The Morgan fingerprint density at radius 2 is 1.88 bits per heavy atom. The molecule has 2 N–H and O–H groups in total. The molecule has 6 heteroatoms. The molecule has 2 amide bonds. The Morgan fingerprint density at radius 1 is 1.16 bits per heavy atom. The molecule has 138 valence electrons. The molecule has 1 aromatic rings. The van der Waals surface area contributed by atoms with E-state index >= 15 is 0 Å². The number of nitrogens with zero attached hydrogens (tertiary/aromatic N) is 2. The summed E-state index contributed by atoms with van der Waals surface area (Å²) in [7, 11) is 4.26. The van der Waals surface area contributed by atoms with Gasteiger partial charge in [0.25, 0.3) is 0 Å². The van der Waals surface area contributed by atoms with Crippen LogP contribution in [0.1, 0.15) is 31.7 Å². The molecule has 0 saturated carbocycles. The van der Waals surface area contributed by atoms with Gasteiger partial charge in [0, 0.05) is 31.7 Å². The summed E-state index contributed by atoms with van der Waals surface area (Å²) in [4.78, 5) is 27.7. The van der Waals surface area contributed by atoms with Crippen molar-refractivity contribution in [2.45, 2.75) is 38.8 Å². The van der Waals surface area contributed by atoms with Crippen molar-refractivity contribution in [1.29, 1.82) is 0 Å². The van der Waals surface area contributed by atoms with Crippen LogP contribution in [0.25, 0.3) is 0 Å². The number of hydrogen-bond donors (Lipinski definition) is 2. The number of nitrogens with one attached hydrogen (secondary N) is 2. The minimum absolute atomic E-state index is 0.0641. The zero-order chi connectivity index (χ0) is 18.2. The zero-order valence-corrected chi connectivity index (χ0v) is 15.5. The molecule has 1 saturated heterocycles. The number of anilines is 1. The lowest BCUT2D eigenvalue weighted by Crippen LogP contribution is -2.38. The van der Waals surface area contributed by atoms with E-state index in [2.05, 4.69) is 34.5 Å². The van der Waals surface area contributed by atoms with Crippen LogP contribution in [0.5, 0.6) is 0 Å². The lowest BCUT2D eigenvalue weighted by molar-refractivity contribution is -0.122. The highest BCUT2D eigenvalue weighted by Gasteiger charge is 2.19. The van der Waals surface area contributed by atoms with Gasteiger partial charge in [0.2, 0.25) is 11.8 Å². The molecule has 2 rings (SSSR count). The van der Waals surface area contributed by atoms with Crippen molar-refractivity contribution in [3.8, 4) is 0 Å². The first-order chi connectivity index (χ1) is 11.9. The molecular weight excluding hydrogens is 316 g/mol. The van der Waals surface area contributed by atoms with Crippen LogP contribution in [0.15, 0.2) is 24.3 Å². The Hall–Kier alpha value is -1.92. The van der Waals surface area contributed by atoms with E-state index in [-0.39, 0.29) is 11.8 Å². The molecule has 0 aliphatic carbocycles. The molecule has 1 unspecified atom stereocenters. The van der Waals surface area contributed by atoms with E-state index in [0.29, 0.717) is 19.1 Å². The maximum Gasteiger partial charge on any atom is 0.234 e. The van der Waals surface area contributed by atoms with Gasteiger partial charge in [-0.3, -0.25) is 14.5 Å². The normalized spacial score (nSPS) is 18.6. The van der Waals surface area contributed by atoms with E-state index in [4.69, 9.17) is 0 Å². The number of rotatable bonds is 6. The fraction of sp³-hybridized carbons (Fsp3) is 0.579. The second kappa shape index (κ2) is 9.53. The minimum atomic E-state index is -0.0880. The molecule has 25 heavy (non-hydrogen) atoms. The molecule has 0 aromatic heterocycles. The van der Waals surface area contributed by atoms with Crippen LogP contribution >= 0.6 is 0 Å². The molecule has 1 heterocycles. The van der Waals surface area contributed by atoms with E-state index in [0.717, 1.165) is 37.2 Å². The SMILES string of the molecule is CC(=O)Nc1ccc(CNC(=O)CN2CCCC(N(C)C)CC2)cc1. The Morgan fingerprint density at radius 3 is 2.52 bits per heavy atom. The van der Waals surface area contributed by atoms with Gasteiger partial charge in [0.15, 0.2) is 0 Å². The molecule has 0 radical (unpaired) electrons. The number of likely N-dealkylation sites (tertiary alicyclic amines) is 1. The van der Waals surface area contributed by atoms with Crippen molar-refractivity contribution in [2.24, 2.45) is 0 Å². The molecule has 1 aliphatic heterocycles. The number of amides is 2. The van der Waals surface area contributed by atoms with Gasteiger partial charge in [-0.1, -0.05) is 12.1 Å². The topological polar surface area (TPSA) is 64.7 Å². The van der Waals surface area contributed by atoms with Gasteiger partial charge in [0.1, 0.15) is 0 Å². The molecule has 1 fully saturated rings. The highest BCUT2D eigenvalue weighted by Crippen LogP contribution is 2.14. The van der Waals surface area contributed by atoms with E-state index in [1.807, 2.05) is 24.3 Å². The quantitative estimate of drug-likeness (QED) is 0.823. The largest absolute Gasteiger partial charge is 0.351 e. The second-order valence-electron chi connectivity index (χ2n) is 6.98. The predicted molar refractivity (Wildman–Crippen MR) is 100 cm³/mol. The van der Waals surface area contributed by atoms with Gasteiger partial charge in [-0.25, -0.2) is 0 Å². The van der Waals surface area contributed by atoms with E-state index in [9.17, 15) is 9.59 Å². The molecule has 1 aromatic carbocycles. The Labute approximate surface area is 150 Å². The van der Waals surface area contributed by atoms with Gasteiger partial charge in [-0.2, -0.15) is 0 Å². The van der Waals surface area contributed by atoms with Crippen molar-refractivity contribution in [3.05, 3.63) is 29.8 Å². The molecule has 6 nitrogen and oxygen atoms in total. The number of hydrogen-bond acceptors (Lipinski definition) is 4. The lowest BCUT2D eigenvalue weighted by Gasteiger charge is -2.23. The summed E-state index contributed by atoms with van der Waals surface area (Å²) in [5, 5.41) is 5.71. The third-order valence-corrected chi connectivity index (χ3v) is 4.65. The average molecular weight is 346 g/mol. The third kappa shape index (κ3) is 6.84. The Balaban J connectivity index is 1.74. The zero-order valence-electron chi connectivity index (χ0n) is 15.5. The summed E-state index contributed by atoms with van der Waals surface area (Å²) < 4.78 is 0. The number of benzene rings is 1. The second-order valence-corrected chi connectivity index (χ2v) is 6.98. The molecule has 0 bridgehead atoms. The molecule has 0 spiro atoms. The first-order valence-electron chi connectivity index (χ1n) is 8.96. The lowest BCUT2D eigenvalue weighted by atomic mass is 10.1. The molecular formula is C19H30N4O2.